The molecule has 2 aromatic carbocycles. The minimum Gasteiger partial charge on any atom is -0.293 e. The van der Waals surface area contributed by atoms with Gasteiger partial charge in [0, 0.05) is 16.1 Å². The van der Waals surface area contributed by atoms with E-state index in [4.69, 9.17) is 11.6 Å². The zero-order valence-corrected chi connectivity index (χ0v) is 10.1. The summed E-state index contributed by atoms with van der Waals surface area (Å²) >= 11 is 5.87. The van der Waals surface area contributed by atoms with E-state index in [1.54, 1.807) is 30.3 Å². The molecule has 2 aromatic rings. The van der Waals surface area contributed by atoms with Crippen molar-refractivity contribution in [2.24, 2.45) is 0 Å². The zero-order chi connectivity index (χ0) is 12.7. The van der Waals surface area contributed by atoms with Crippen molar-refractivity contribution in [3.63, 3.8) is 0 Å². The van der Waals surface area contributed by atoms with Crippen molar-refractivity contribution in [2.75, 3.05) is 0 Å². The van der Waals surface area contributed by atoms with E-state index in [0.717, 1.165) is 5.56 Å². The molecule has 18 heavy (non-hydrogen) atoms. The molecule has 2 nitrogen and oxygen atoms in total. The average molecular weight is 257 g/mol. The monoisotopic (exact) mass is 256 g/mol. The van der Waals surface area contributed by atoms with Crippen LogP contribution in [0.3, 0.4) is 0 Å². The first-order valence-corrected chi connectivity index (χ1v) is 5.99. The Morgan fingerprint density at radius 3 is 2.22 bits per heavy atom. The highest BCUT2D eigenvalue weighted by molar-refractivity contribution is 6.34. The highest BCUT2D eigenvalue weighted by Gasteiger charge is 2.39. The number of benzene rings is 2. The number of hydrogen-bond acceptors (Lipinski definition) is 2. The Morgan fingerprint density at radius 2 is 1.50 bits per heavy atom. The third-order valence-corrected chi connectivity index (χ3v) is 3.40. The van der Waals surface area contributed by atoms with Gasteiger partial charge in [0.25, 0.3) is 0 Å². The van der Waals surface area contributed by atoms with Crippen molar-refractivity contribution in [2.45, 2.75) is 5.92 Å². The minimum atomic E-state index is -0.709. The van der Waals surface area contributed by atoms with Crippen molar-refractivity contribution in [3.05, 3.63) is 70.2 Å². The fourth-order valence-corrected chi connectivity index (χ4v) is 2.49. The van der Waals surface area contributed by atoms with Gasteiger partial charge in [-0.05, 0) is 23.8 Å². The number of halogens is 1. The van der Waals surface area contributed by atoms with Crippen LogP contribution in [0.4, 0.5) is 0 Å². The molecular formula is C15H9ClO2. The van der Waals surface area contributed by atoms with Crippen molar-refractivity contribution < 1.29 is 9.59 Å². The molecule has 3 heteroatoms. The summed E-state index contributed by atoms with van der Waals surface area (Å²) in [6.07, 6.45) is 0. The van der Waals surface area contributed by atoms with Gasteiger partial charge >= 0.3 is 0 Å². The Hall–Kier alpha value is -1.93. The average Bonchev–Trinajstić information content (AvgIpc) is 2.63. The maximum atomic E-state index is 12.3. The molecule has 0 saturated heterocycles. The van der Waals surface area contributed by atoms with Crippen molar-refractivity contribution in [1.29, 1.82) is 0 Å². The normalized spacial score (nSPS) is 17.9. The van der Waals surface area contributed by atoms with Crippen LogP contribution >= 0.6 is 11.6 Å². The second-order valence-corrected chi connectivity index (χ2v) is 4.70. The largest absolute Gasteiger partial charge is 0.293 e. The highest BCUT2D eigenvalue weighted by atomic mass is 35.5. The lowest BCUT2D eigenvalue weighted by Crippen LogP contribution is -2.12. The molecule has 3 rings (SSSR count). The van der Waals surface area contributed by atoms with E-state index in [1.807, 2.05) is 18.2 Å². The van der Waals surface area contributed by atoms with Crippen LogP contribution in [-0.4, -0.2) is 11.6 Å². The Morgan fingerprint density at radius 1 is 0.833 bits per heavy atom. The van der Waals surface area contributed by atoms with Gasteiger partial charge < -0.3 is 0 Å². The smallest absolute Gasteiger partial charge is 0.178 e. The fourth-order valence-electron chi connectivity index (χ4n) is 2.31. The maximum absolute atomic E-state index is 12.3. The van der Waals surface area contributed by atoms with Gasteiger partial charge in [0.05, 0.1) is 0 Å². The summed E-state index contributed by atoms with van der Waals surface area (Å²) in [7, 11) is 0. The molecule has 0 bridgehead atoms. The molecule has 0 fully saturated rings. The molecule has 1 unspecified atom stereocenters. The van der Waals surface area contributed by atoms with E-state index >= 15 is 0 Å². The summed E-state index contributed by atoms with van der Waals surface area (Å²) in [5.74, 6) is -1.01. The second-order valence-electron chi connectivity index (χ2n) is 4.26. The number of hydrogen-bond donors (Lipinski definition) is 0. The van der Waals surface area contributed by atoms with Crippen LogP contribution in [0.1, 0.15) is 32.2 Å². The van der Waals surface area contributed by atoms with E-state index in [0.29, 0.717) is 16.1 Å². The van der Waals surface area contributed by atoms with E-state index in [9.17, 15) is 9.59 Å². The van der Waals surface area contributed by atoms with Crippen LogP contribution in [0.15, 0.2) is 48.5 Å². The summed E-state index contributed by atoms with van der Waals surface area (Å²) in [4.78, 5) is 24.5. The molecule has 0 heterocycles. The van der Waals surface area contributed by atoms with Crippen LogP contribution in [0.2, 0.25) is 5.02 Å². The van der Waals surface area contributed by atoms with Gasteiger partial charge in [-0.25, -0.2) is 0 Å². The van der Waals surface area contributed by atoms with Gasteiger partial charge in [-0.15, -0.1) is 0 Å². The summed E-state index contributed by atoms with van der Waals surface area (Å²) in [6, 6.07) is 13.9. The number of fused-ring (bicyclic) bond motifs is 1. The Labute approximate surface area is 109 Å². The molecule has 0 saturated carbocycles. The molecule has 1 atom stereocenters. The number of ketones is 2. The molecule has 88 valence electrons. The summed E-state index contributed by atoms with van der Waals surface area (Å²) in [5, 5.41) is 0.476. The van der Waals surface area contributed by atoms with Gasteiger partial charge in [-0.2, -0.15) is 0 Å². The van der Waals surface area contributed by atoms with E-state index in [2.05, 4.69) is 0 Å². The first-order chi connectivity index (χ1) is 8.68. The number of carbonyl (C=O) groups is 2. The molecule has 0 amide bonds. The number of carbonyl (C=O) groups excluding carboxylic acids is 2. The van der Waals surface area contributed by atoms with E-state index in [-0.39, 0.29) is 11.6 Å². The van der Waals surface area contributed by atoms with Crippen LogP contribution in [0.25, 0.3) is 0 Å². The predicted molar refractivity (Wildman–Crippen MR) is 69.3 cm³/mol. The topological polar surface area (TPSA) is 34.1 Å². The van der Waals surface area contributed by atoms with Crippen molar-refractivity contribution >= 4 is 23.2 Å². The molecule has 0 aliphatic heterocycles. The molecule has 1 aliphatic rings. The van der Waals surface area contributed by atoms with Gasteiger partial charge in [0.2, 0.25) is 0 Å². The Bertz CT molecular complexity index is 647. The molecule has 0 radical (unpaired) electrons. The third-order valence-electron chi connectivity index (χ3n) is 3.17. The lowest BCUT2D eigenvalue weighted by molar-refractivity contribution is 0.0890. The number of Topliss-reactive ketones (excluding diaryl/α,β-unsaturated/α-hetero) is 2. The van der Waals surface area contributed by atoms with Crippen LogP contribution in [0, 0.1) is 0 Å². The fraction of sp³-hybridized carbons (Fsp3) is 0.0667. The standard InChI is InChI=1S/C15H9ClO2/c16-10-6-7-11-12(8-10)15(18)13(14(11)17)9-4-2-1-3-5-9/h1-8,13H. The van der Waals surface area contributed by atoms with E-state index in [1.165, 1.54) is 0 Å². The molecule has 0 N–H and O–H groups in total. The minimum absolute atomic E-state index is 0.141. The summed E-state index contributed by atoms with van der Waals surface area (Å²) < 4.78 is 0. The molecule has 0 spiro atoms. The van der Waals surface area contributed by atoms with Crippen molar-refractivity contribution in [3.8, 4) is 0 Å². The summed E-state index contributed by atoms with van der Waals surface area (Å²) in [6.45, 7) is 0. The Kier molecular flexibility index (Phi) is 2.53. The van der Waals surface area contributed by atoms with Crippen molar-refractivity contribution in [1.82, 2.24) is 0 Å². The Balaban J connectivity index is 2.13. The van der Waals surface area contributed by atoms with Gasteiger partial charge in [0.15, 0.2) is 11.6 Å². The number of rotatable bonds is 1. The molecule has 0 aromatic heterocycles. The van der Waals surface area contributed by atoms with Gasteiger partial charge in [-0.3, -0.25) is 9.59 Å². The molecule has 1 aliphatic carbocycles. The van der Waals surface area contributed by atoms with Gasteiger partial charge in [0.1, 0.15) is 5.92 Å². The van der Waals surface area contributed by atoms with Crippen LogP contribution < -0.4 is 0 Å². The maximum Gasteiger partial charge on any atom is 0.178 e. The lowest BCUT2D eigenvalue weighted by Gasteiger charge is -2.06. The first-order valence-electron chi connectivity index (χ1n) is 5.61. The summed E-state index contributed by atoms with van der Waals surface area (Å²) in [5.41, 5.74) is 1.64. The second kappa shape index (κ2) is 4.07. The lowest BCUT2D eigenvalue weighted by atomic mass is 9.94. The SMILES string of the molecule is O=C1c2ccc(Cl)cc2C(=O)C1c1ccccc1. The quantitative estimate of drug-likeness (QED) is 0.732. The van der Waals surface area contributed by atoms with E-state index < -0.39 is 5.92 Å². The zero-order valence-electron chi connectivity index (χ0n) is 9.39. The predicted octanol–water partition coefficient (Wildman–Crippen LogP) is 3.50. The highest BCUT2D eigenvalue weighted by Crippen LogP contribution is 2.35. The molecular weight excluding hydrogens is 248 g/mol. The first kappa shape index (κ1) is 11.2. The van der Waals surface area contributed by atoms with Gasteiger partial charge in [-0.1, -0.05) is 41.9 Å². The third kappa shape index (κ3) is 1.57. The van der Waals surface area contributed by atoms with Crippen LogP contribution in [0.5, 0.6) is 0 Å². The van der Waals surface area contributed by atoms with Crippen LogP contribution in [-0.2, 0) is 0 Å².